The van der Waals surface area contributed by atoms with Crippen LogP contribution in [0.1, 0.15) is 40.0 Å². The predicted molar refractivity (Wildman–Crippen MR) is 174 cm³/mol. The first-order chi connectivity index (χ1) is 22.0. The van der Waals surface area contributed by atoms with Crippen molar-refractivity contribution in [3.05, 3.63) is 88.3 Å². The molecule has 11 heteroatoms. The molecular formula is C34H37ClN6O4. The van der Waals surface area contributed by atoms with Crippen LogP contribution in [0.2, 0.25) is 5.02 Å². The highest BCUT2D eigenvalue weighted by Gasteiger charge is 2.20. The third kappa shape index (κ3) is 7.32. The van der Waals surface area contributed by atoms with Crippen molar-refractivity contribution in [2.75, 3.05) is 38.7 Å². The number of rotatable bonds is 13. The molecule has 2 fully saturated rings. The summed E-state index contributed by atoms with van der Waals surface area (Å²) in [5.41, 5.74) is 6.57. The first kappa shape index (κ1) is 31.1. The fraction of sp³-hybridized carbons (Fsp3) is 0.353. The monoisotopic (exact) mass is 628 g/mol. The zero-order valence-electron chi connectivity index (χ0n) is 25.4. The van der Waals surface area contributed by atoms with E-state index < -0.39 is 0 Å². The van der Waals surface area contributed by atoms with Crippen LogP contribution >= 0.6 is 11.6 Å². The maximum Gasteiger partial charge on any atom is 0.274 e. The van der Waals surface area contributed by atoms with E-state index in [1.54, 1.807) is 25.6 Å². The van der Waals surface area contributed by atoms with E-state index in [9.17, 15) is 4.79 Å². The van der Waals surface area contributed by atoms with Crippen LogP contribution in [0.15, 0.2) is 60.9 Å². The molecule has 10 nitrogen and oxygen atoms in total. The zero-order chi connectivity index (χ0) is 31.2. The van der Waals surface area contributed by atoms with Gasteiger partial charge in [-0.15, -0.1) is 0 Å². The summed E-state index contributed by atoms with van der Waals surface area (Å²) in [5, 5.41) is 10.2. The van der Waals surface area contributed by atoms with Crippen molar-refractivity contribution in [1.82, 2.24) is 25.6 Å². The summed E-state index contributed by atoms with van der Waals surface area (Å²) in [5.74, 6) is 0.238. The fourth-order valence-corrected chi connectivity index (χ4v) is 5.58. The van der Waals surface area contributed by atoms with Gasteiger partial charge in [0.05, 0.1) is 35.7 Å². The number of halogens is 1. The van der Waals surface area contributed by atoms with Crippen LogP contribution in [0.4, 0.5) is 5.69 Å². The standard InChI is InChI=1S/C34H37ClN6O4/c1-21-26(4-3-5-28(21)40-33(42)30-8-6-22(17-39-30)16-36-19-24-11-14-44-24)32-31(35)27(10-13-38-32)29-9-7-23(34(41-29)43-2)18-37-20-25-12-15-45-25/h3-10,13,17,24-25,36-37H,11-12,14-16,18-20H2,1-2H3,(H,40,42)/t24-,25-/m1/s1. The maximum atomic E-state index is 13.1. The number of methoxy groups -OCH3 is 1. The largest absolute Gasteiger partial charge is 0.481 e. The Balaban J connectivity index is 1.15. The van der Waals surface area contributed by atoms with Gasteiger partial charge in [-0.25, -0.2) is 4.98 Å². The molecule has 1 amide bonds. The Kier molecular flexibility index (Phi) is 9.97. The lowest BCUT2D eigenvalue weighted by atomic mass is 10.0. The molecule has 234 valence electrons. The van der Waals surface area contributed by atoms with Gasteiger partial charge in [0.25, 0.3) is 5.91 Å². The number of nitrogens with one attached hydrogen (secondary N) is 3. The molecule has 2 atom stereocenters. The summed E-state index contributed by atoms with van der Waals surface area (Å²) in [4.78, 5) is 26.9. The molecule has 0 bridgehead atoms. The second-order valence-electron chi connectivity index (χ2n) is 11.2. The van der Waals surface area contributed by atoms with Gasteiger partial charge < -0.3 is 30.2 Å². The van der Waals surface area contributed by atoms with Gasteiger partial charge in [-0.05, 0) is 55.2 Å². The van der Waals surface area contributed by atoms with E-state index in [1.807, 2.05) is 49.4 Å². The normalized spacial score (nSPS) is 17.3. The van der Waals surface area contributed by atoms with Gasteiger partial charge in [-0.2, -0.15) is 0 Å². The minimum Gasteiger partial charge on any atom is -0.481 e. The lowest BCUT2D eigenvalue weighted by molar-refractivity contribution is -0.0485. The lowest BCUT2D eigenvalue weighted by Crippen LogP contribution is -2.36. The molecule has 0 spiro atoms. The Labute approximate surface area is 267 Å². The summed E-state index contributed by atoms with van der Waals surface area (Å²) >= 11 is 6.98. The van der Waals surface area contributed by atoms with E-state index in [1.165, 1.54) is 0 Å². The van der Waals surface area contributed by atoms with E-state index in [2.05, 4.69) is 25.9 Å². The Morgan fingerprint density at radius 1 is 0.956 bits per heavy atom. The van der Waals surface area contributed by atoms with Crippen LogP contribution in [0.5, 0.6) is 5.88 Å². The summed E-state index contributed by atoms with van der Waals surface area (Å²) < 4.78 is 16.5. The molecule has 45 heavy (non-hydrogen) atoms. The Morgan fingerprint density at radius 2 is 1.71 bits per heavy atom. The molecular weight excluding hydrogens is 592 g/mol. The van der Waals surface area contributed by atoms with E-state index >= 15 is 0 Å². The number of carbonyl (C=O) groups excluding carboxylic acids is 1. The fourth-order valence-electron chi connectivity index (χ4n) is 5.27. The second kappa shape index (κ2) is 14.4. The van der Waals surface area contributed by atoms with Gasteiger partial charge in [0.1, 0.15) is 5.69 Å². The van der Waals surface area contributed by atoms with Crippen LogP contribution in [-0.4, -0.2) is 66.5 Å². The van der Waals surface area contributed by atoms with Gasteiger partial charge in [-0.3, -0.25) is 14.8 Å². The van der Waals surface area contributed by atoms with Crippen molar-refractivity contribution in [2.45, 2.75) is 45.1 Å². The van der Waals surface area contributed by atoms with Gasteiger partial charge in [-0.1, -0.05) is 35.9 Å². The second-order valence-corrected chi connectivity index (χ2v) is 11.6. The minimum atomic E-state index is -0.295. The number of ether oxygens (including phenoxy) is 3. The molecule has 1 aromatic carbocycles. The molecule has 5 heterocycles. The van der Waals surface area contributed by atoms with E-state index in [-0.39, 0.29) is 12.0 Å². The molecule has 0 radical (unpaired) electrons. The molecule has 0 aliphatic carbocycles. The van der Waals surface area contributed by atoms with Crippen LogP contribution in [0.3, 0.4) is 0 Å². The minimum absolute atomic E-state index is 0.279. The number of amides is 1. The first-order valence-corrected chi connectivity index (χ1v) is 15.6. The topological polar surface area (TPSA) is 120 Å². The first-order valence-electron chi connectivity index (χ1n) is 15.2. The Morgan fingerprint density at radius 3 is 2.38 bits per heavy atom. The number of hydrogen-bond donors (Lipinski definition) is 3. The predicted octanol–water partition coefficient (Wildman–Crippen LogP) is 5.19. The summed E-state index contributed by atoms with van der Waals surface area (Å²) in [6.07, 6.45) is 6.18. The van der Waals surface area contributed by atoms with Crippen LogP contribution in [-0.2, 0) is 22.6 Å². The molecule has 0 unspecified atom stereocenters. The molecule has 3 N–H and O–H groups in total. The molecule has 2 aliphatic heterocycles. The molecule has 2 aliphatic rings. The number of anilines is 1. The Bertz CT molecular complexity index is 1640. The third-order valence-corrected chi connectivity index (χ3v) is 8.55. The highest BCUT2D eigenvalue weighted by Crippen LogP contribution is 2.38. The van der Waals surface area contributed by atoms with E-state index in [0.717, 1.165) is 67.0 Å². The van der Waals surface area contributed by atoms with Crippen LogP contribution < -0.4 is 20.7 Å². The van der Waals surface area contributed by atoms with Crippen molar-refractivity contribution in [2.24, 2.45) is 0 Å². The van der Waals surface area contributed by atoms with Crippen LogP contribution in [0, 0.1) is 6.92 Å². The third-order valence-electron chi connectivity index (χ3n) is 8.17. The van der Waals surface area contributed by atoms with Crippen LogP contribution in [0.25, 0.3) is 22.5 Å². The van der Waals surface area contributed by atoms with Crippen molar-refractivity contribution in [3.8, 4) is 28.4 Å². The SMILES string of the molecule is COc1nc(-c2ccnc(-c3cccc(NC(=O)c4ccc(CNC[C@H]5CCO5)cn4)c3C)c2Cl)ccc1CNC[C@H]1CCO1. The Hall–Kier alpha value is -3.93. The van der Waals surface area contributed by atoms with E-state index in [0.29, 0.717) is 52.9 Å². The van der Waals surface area contributed by atoms with Crippen molar-refractivity contribution in [1.29, 1.82) is 0 Å². The van der Waals surface area contributed by atoms with Crippen molar-refractivity contribution >= 4 is 23.2 Å². The summed E-state index contributed by atoms with van der Waals surface area (Å²) in [7, 11) is 1.61. The van der Waals surface area contributed by atoms with Gasteiger partial charge in [0.15, 0.2) is 0 Å². The molecule has 6 rings (SSSR count). The number of aromatic nitrogens is 3. The molecule has 2 saturated heterocycles. The summed E-state index contributed by atoms with van der Waals surface area (Å²) in [6, 6.07) is 15.1. The highest BCUT2D eigenvalue weighted by atomic mass is 35.5. The smallest absolute Gasteiger partial charge is 0.274 e. The lowest BCUT2D eigenvalue weighted by Gasteiger charge is -2.26. The van der Waals surface area contributed by atoms with E-state index in [4.69, 9.17) is 30.8 Å². The number of hydrogen-bond acceptors (Lipinski definition) is 9. The number of pyridine rings is 3. The van der Waals surface area contributed by atoms with Crippen molar-refractivity contribution < 1.29 is 19.0 Å². The van der Waals surface area contributed by atoms with Crippen molar-refractivity contribution in [3.63, 3.8) is 0 Å². The number of benzene rings is 1. The molecule has 4 aromatic rings. The van der Waals surface area contributed by atoms with Gasteiger partial charge in [0.2, 0.25) is 5.88 Å². The highest BCUT2D eigenvalue weighted by molar-refractivity contribution is 6.35. The number of carbonyl (C=O) groups is 1. The number of nitrogens with zero attached hydrogens (tertiary/aromatic N) is 3. The zero-order valence-corrected chi connectivity index (χ0v) is 26.2. The van der Waals surface area contributed by atoms with Gasteiger partial charge >= 0.3 is 0 Å². The average Bonchev–Trinajstić information content (AvgIpc) is 3.01. The molecule has 0 saturated carbocycles. The summed E-state index contributed by atoms with van der Waals surface area (Å²) in [6.45, 7) is 6.50. The quantitative estimate of drug-likeness (QED) is 0.184. The average molecular weight is 629 g/mol. The van der Waals surface area contributed by atoms with Gasteiger partial charge in [0, 0.05) is 74.2 Å². The molecule has 3 aromatic heterocycles. The maximum absolute atomic E-state index is 13.1.